The highest BCUT2D eigenvalue weighted by molar-refractivity contribution is 5.60. The summed E-state index contributed by atoms with van der Waals surface area (Å²) >= 11 is 0. The number of ether oxygens (including phenoxy) is 3. The minimum atomic E-state index is -0.583. The van der Waals surface area contributed by atoms with Gasteiger partial charge in [-0.2, -0.15) is 0 Å². The SMILES string of the molecule is CCCCCCOC(=O)OC(CC)COC. The van der Waals surface area contributed by atoms with Gasteiger partial charge in [0.15, 0.2) is 0 Å². The predicted octanol–water partition coefficient (Wildman–Crippen LogP) is 3.14. The molecular formula is C12H24O4. The van der Waals surface area contributed by atoms with Gasteiger partial charge in [-0.15, -0.1) is 0 Å². The highest BCUT2D eigenvalue weighted by atomic mass is 16.7. The van der Waals surface area contributed by atoms with Crippen LogP contribution in [0.1, 0.15) is 46.0 Å². The molecule has 0 bridgehead atoms. The molecule has 0 N–H and O–H groups in total. The van der Waals surface area contributed by atoms with E-state index in [0.717, 1.165) is 19.3 Å². The number of unbranched alkanes of at least 4 members (excludes halogenated alkanes) is 3. The average molecular weight is 232 g/mol. The van der Waals surface area contributed by atoms with E-state index in [-0.39, 0.29) is 6.10 Å². The number of hydrogen-bond acceptors (Lipinski definition) is 4. The van der Waals surface area contributed by atoms with E-state index in [1.807, 2.05) is 6.92 Å². The van der Waals surface area contributed by atoms with Crippen molar-refractivity contribution in [2.75, 3.05) is 20.3 Å². The summed E-state index contributed by atoms with van der Waals surface area (Å²) in [4.78, 5) is 11.2. The minimum Gasteiger partial charge on any atom is -0.434 e. The first-order valence-corrected chi connectivity index (χ1v) is 6.06. The van der Waals surface area contributed by atoms with Gasteiger partial charge < -0.3 is 14.2 Å². The van der Waals surface area contributed by atoms with Crippen LogP contribution < -0.4 is 0 Å². The van der Waals surface area contributed by atoms with Crippen molar-refractivity contribution >= 4 is 6.16 Å². The van der Waals surface area contributed by atoms with Gasteiger partial charge in [-0.1, -0.05) is 33.1 Å². The molecular weight excluding hydrogens is 208 g/mol. The summed E-state index contributed by atoms with van der Waals surface area (Å²) in [6.07, 6.45) is 4.31. The van der Waals surface area contributed by atoms with Crippen LogP contribution in [0.5, 0.6) is 0 Å². The lowest BCUT2D eigenvalue weighted by Gasteiger charge is -2.14. The molecule has 0 heterocycles. The fraction of sp³-hybridized carbons (Fsp3) is 0.917. The zero-order chi connectivity index (χ0) is 12.2. The summed E-state index contributed by atoms with van der Waals surface area (Å²) in [7, 11) is 1.59. The fourth-order valence-electron chi connectivity index (χ4n) is 1.28. The predicted molar refractivity (Wildman–Crippen MR) is 62.5 cm³/mol. The summed E-state index contributed by atoms with van der Waals surface area (Å²) in [6.45, 7) is 4.95. The van der Waals surface area contributed by atoms with Gasteiger partial charge in [0.25, 0.3) is 0 Å². The van der Waals surface area contributed by atoms with Crippen molar-refractivity contribution in [1.29, 1.82) is 0 Å². The molecule has 0 saturated heterocycles. The molecule has 1 unspecified atom stereocenters. The molecule has 0 rings (SSSR count). The molecule has 4 nitrogen and oxygen atoms in total. The normalized spacial score (nSPS) is 12.2. The zero-order valence-corrected chi connectivity index (χ0v) is 10.7. The van der Waals surface area contributed by atoms with Crippen molar-refractivity contribution < 1.29 is 19.0 Å². The maximum atomic E-state index is 11.2. The molecule has 0 aromatic heterocycles. The van der Waals surface area contributed by atoms with E-state index in [0.29, 0.717) is 13.2 Å². The molecule has 0 fully saturated rings. The number of carbonyl (C=O) groups excluding carboxylic acids is 1. The Balaban J connectivity index is 3.48. The first-order valence-electron chi connectivity index (χ1n) is 6.06. The molecule has 0 aliphatic carbocycles. The van der Waals surface area contributed by atoms with Crippen LogP contribution >= 0.6 is 0 Å². The van der Waals surface area contributed by atoms with Crippen LogP contribution in [0.15, 0.2) is 0 Å². The summed E-state index contributed by atoms with van der Waals surface area (Å²) in [6, 6.07) is 0. The van der Waals surface area contributed by atoms with Gasteiger partial charge in [-0.3, -0.25) is 0 Å². The van der Waals surface area contributed by atoms with E-state index < -0.39 is 6.16 Å². The highest BCUT2D eigenvalue weighted by Gasteiger charge is 2.12. The van der Waals surface area contributed by atoms with Crippen molar-refractivity contribution in [2.24, 2.45) is 0 Å². The Labute approximate surface area is 98.3 Å². The number of hydrogen-bond donors (Lipinski definition) is 0. The number of methoxy groups -OCH3 is 1. The van der Waals surface area contributed by atoms with Crippen LogP contribution in [-0.2, 0) is 14.2 Å². The second-order valence-electron chi connectivity index (χ2n) is 3.76. The van der Waals surface area contributed by atoms with E-state index in [9.17, 15) is 4.79 Å². The van der Waals surface area contributed by atoms with Gasteiger partial charge in [-0.05, 0) is 12.8 Å². The first kappa shape index (κ1) is 15.2. The third kappa shape index (κ3) is 8.53. The second kappa shape index (κ2) is 10.7. The van der Waals surface area contributed by atoms with Gasteiger partial charge in [0.2, 0.25) is 0 Å². The van der Waals surface area contributed by atoms with Gasteiger partial charge in [-0.25, -0.2) is 4.79 Å². The van der Waals surface area contributed by atoms with E-state index in [1.165, 1.54) is 12.8 Å². The molecule has 96 valence electrons. The molecule has 16 heavy (non-hydrogen) atoms. The lowest BCUT2D eigenvalue weighted by atomic mass is 10.2. The van der Waals surface area contributed by atoms with Crippen LogP contribution in [0.25, 0.3) is 0 Å². The minimum absolute atomic E-state index is 0.201. The van der Waals surface area contributed by atoms with Crippen molar-refractivity contribution in [1.82, 2.24) is 0 Å². The molecule has 0 aliphatic heterocycles. The van der Waals surface area contributed by atoms with Crippen LogP contribution in [0.4, 0.5) is 4.79 Å². The molecule has 0 aromatic rings. The van der Waals surface area contributed by atoms with Crippen LogP contribution in [-0.4, -0.2) is 32.6 Å². The third-order valence-electron chi connectivity index (χ3n) is 2.29. The largest absolute Gasteiger partial charge is 0.508 e. The van der Waals surface area contributed by atoms with Gasteiger partial charge in [0.05, 0.1) is 13.2 Å². The first-order chi connectivity index (χ1) is 7.74. The average Bonchev–Trinajstić information content (AvgIpc) is 2.28. The Morgan fingerprint density at radius 2 is 1.94 bits per heavy atom. The Hall–Kier alpha value is -0.770. The van der Waals surface area contributed by atoms with E-state index >= 15 is 0 Å². The summed E-state index contributed by atoms with van der Waals surface area (Å²) < 4.78 is 14.9. The highest BCUT2D eigenvalue weighted by Crippen LogP contribution is 2.03. The molecule has 0 saturated carbocycles. The Kier molecular flexibility index (Phi) is 10.2. The van der Waals surface area contributed by atoms with E-state index in [4.69, 9.17) is 14.2 Å². The fourth-order valence-corrected chi connectivity index (χ4v) is 1.28. The Morgan fingerprint density at radius 1 is 1.19 bits per heavy atom. The standard InChI is InChI=1S/C12H24O4/c1-4-6-7-8-9-15-12(13)16-11(5-2)10-14-3/h11H,4-10H2,1-3H3. The van der Waals surface area contributed by atoms with Crippen molar-refractivity contribution in [2.45, 2.75) is 52.1 Å². The third-order valence-corrected chi connectivity index (χ3v) is 2.29. The lowest BCUT2D eigenvalue weighted by molar-refractivity contribution is -0.00774. The Morgan fingerprint density at radius 3 is 2.50 bits per heavy atom. The maximum Gasteiger partial charge on any atom is 0.508 e. The van der Waals surface area contributed by atoms with Gasteiger partial charge in [0, 0.05) is 7.11 Å². The van der Waals surface area contributed by atoms with Gasteiger partial charge in [0.1, 0.15) is 6.10 Å². The zero-order valence-electron chi connectivity index (χ0n) is 10.7. The van der Waals surface area contributed by atoms with Gasteiger partial charge >= 0.3 is 6.16 Å². The summed E-state index contributed by atoms with van der Waals surface area (Å²) in [5, 5.41) is 0. The Bertz CT molecular complexity index is 170. The molecule has 0 aromatic carbocycles. The van der Waals surface area contributed by atoms with E-state index in [2.05, 4.69) is 6.92 Å². The molecule has 0 amide bonds. The maximum absolute atomic E-state index is 11.2. The van der Waals surface area contributed by atoms with Crippen molar-refractivity contribution in [3.8, 4) is 0 Å². The number of rotatable bonds is 9. The van der Waals surface area contributed by atoms with Crippen LogP contribution in [0, 0.1) is 0 Å². The topological polar surface area (TPSA) is 44.8 Å². The second-order valence-corrected chi connectivity index (χ2v) is 3.76. The van der Waals surface area contributed by atoms with Crippen LogP contribution in [0.2, 0.25) is 0 Å². The van der Waals surface area contributed by atoms with Crippen molar-refractivity contribution in [3.63, 3.8) is 0 Å². The van der Waals surface area contributed by atoms with Crippen LogP contribution in [0.3, 0.4) is 0 Å². The van der Waals surface area contributed by atoms with Crippen molar-refractivity contribution in [3.05, 3.63) is 0 Å². The molecule has 0 spiro atoms. The number of carbonyl (C=O) groups is 1. The summed E-state index contributed by atoms with van der Waals surface area (Å²) in [5.74, 6) is 0. The molecule has 1 atom stereocenters. The monoisotopic (exact) mass is 232 g/mol. The summed E-state index contributed by atoms with van der Waals surface area (Å²) in [5.41, 5.74) is 0. The smallest absolute Gasteiger partial charge is 0.434 e. The molecule has 0 radical (unpaired) electrons. The van der Waals surface area contributed by atoms with E-state index in [1.54, 1.807) is 7.11 Å². The lowest BCUT2D eigenvalue weighted by Crippen LogP contribution is -2.23. The molecule has 0 aliphatic rings. The quantitative estimate of drug-likeness (QED) is 0.452. The molecule has 4 heteroatoms.